The number of ether oxygens (including phenoxy) is 2. The van der Waals surface area contributed by atoms with Crippen molar-refractivity contribution in [2.24, 2.45) is 7.05 Å². The van der Waals surface area contributed by atoms with E-state index in [-0.39, 0.29) is 11.7 Å². The van der Waals surface area contributed by atoms with Crippen LogP contribution in [-0.4, -0.2) is 34.6 Å². The van der Waals surface area contributed by atoms with Crippen LogP contribution in [0.1, 0.15) is 11.6 Å². The highest BCUT2D eigenvalue weighted by Crippen LogP contribution is 2.32. The predicted molar refractivity (Wildman–Crippen MR) is 76.7 cm³/mol. The van der Waals surface area contributed by atoms with E-state index in [1.165, 1.54) is 15.6 Å². The van der Waals surface area contributed by atoms with Gasteiger partial charge in [0, 0.05) is 7.05 Å². The van der Waals surface area contributed by atoms with Gasteiger partial charge >= 0.3 is 5.69 Å². The summed E-state index contributed by atoms with van der Waals surface area (Å²) >= 11 is 0. The van der Waals surface area contributed by atoms with Gasteiger partial charge in [0.1, 0.15) is 19.5 Å². The molecule has 21 heavy (non-hydrogen) atoms. The zero-order chi connectivity index (χ0) is 14.8. The number of nitrogens with zero attached hydrogens (tertiary/aromatic N) is 3. The monoisotopic (exact) mass is 290 g/mol. The third-order valence-corrected chi connectivity index (χ3v) is 3.56. The maximum Gasteiger partial charge on any atom is 0.345 e. The first-order valence-electron chi connectivity index (χ1n) is 6.84. The fourth-order valence-electron chi connectivity index (χ4n) is 2.36. The zero-order valence-electron chi connectivity index (χ0n) is 12.1. The molecule has 2 aromatic rings. The molecule has 1 aliphatic rings. The lowest BCUT2D eigenvalue weighted by atomic mass is 10.1. The molecule has 3 rings (SSSR count). The van der Waals surface area contributed by atoms with Crippen LogP contribution >= 0.6 is 0 Å². The summed E-state index contributed by atoms with van der Waals surface area (Å²) in [7, 11) is 3.54. The van der Waals surface area contributed by atoms with Crippen LogP contribution in [0.5, 0.6) is 11.5 Å². The van der Waals surface area contributed by atoms with Crippen LogP contribution in [0.15, 0.2) is 29.3 Å². The Labute approximate surface area is 122 Å². The molecule has 0 spiro atoms. The van der Waals surface area contributed by atoms with E-state index in [0.29, 0.717) is 19.8 Å². The van der Waals surface area contributed by atoms with Crippen LogP contribution < -0.4 is 20.5 Å². The lowest BCUT2D eigenvalue weighted by Crippen LogP contribution is -2.30. The average Bonchev–Trinajstić information content (AvgIpc) is 2.84. The summed E-state index contributed by atoms with van der Waals surface area (Å²) < 4.78 is 14.0. The van der Waals surface area contributed by atoms with Gasteiger partial charge in [-0.2, -0.15) is 5.10 Å². The number of hydrogen-bond acceptors (Lipinski definition) is 5. The molecule has 0 fully saturated rings. The molecule has 0 saturated carbocycles. The summed E-state index contributed by atoms with van der Waals surface area (Å²) in [4.78, 5) is 11.9. The van der Waals surface area contributed by atoms with Crippen molar-refractivity contribution < 1.29 is 9.47 Å². The molecule has 0 aliphatic carbocycles. The van der Waals surface area contributed by atoms with Crippen molar-refractivity contribution in [3.8, 4) is 11.5 Å². The molecule has 0 bridgehead atoms. The Bertz CT molecular complexity index is 692. The number of aryl methyl sites for hydroxylation is 1. The van der Waals surface area contributed by atoms with Gasteiger partial charge in [0.2, 0.25) is 0 Å². The molecule has 7 nitrogen and oxygen atoms in total. The van der Waals surface area contributed by atoms with Crippen molar-refractivity contribution in [3.63, 3.8) is 0 Å². The third kappa shape index (κ3) is 2.64. The van der Waals surface area contributed by atoms with Crippen molar-refractivity contribution in [1.82, 2.24) is 19.7 Å². The summed E-state index contributed by atoms with van der Waals surface area (Å²) in [5, 5.41) is 7.29. The van der Waals surface area contributed by atoms with Gasteiger partial charge in [-0.15, -0.1) is 0 Å². The second-order valence-corrected chi connectivity index (χ2v) is 4.95. The molecule has 0 saturated heterocycles. The minimum Gasteiger partial charge on any atom is -0.486 e. The lowest BCUT2D eigenvalue weighted by molar-refractivity contribution is 0.171. The number of rotatable bonds is 4. The Balaban J connectivity index is 1.86. The molecule has 1 atom stereocenters. The Kier molecular flexibility index (Phi) is 3.66. The second-order valence-electron chi connectivity index (χ2n) is 4.95. The Morgan fingerprint density at radius 3 is 2.76 bits per heavy atom. The van der Waals surface area contributed by atoms with E-state index in [1.807, 2.05) is 25.2 Å². The molecule has 1 aromatic carbocycles. The van der Waals surface area contributed by atoms with Crippen molar-refractivity contribution in [2.75, 3.05) is 20.3 Å². The normalized spacial score (nSPS) is 15.0. The summed E-state index contributed by atoms with van der Waals surface area (Å²) in [6.45, 7) is 1.58. The van der Waals surface area contributed by atoms with Gasteiger partial charge in [0.25, 0.3) is 0 Å². The number of benzene rings is 1. The summed E-state index contributed by atoms with van der Waals surface area (Å²) in [6, 6.07) is 5.79. The maximum atomic E-state index is 11.9. The van der Waals surface area contributed by atoms with Crippen LogP contribution in [0, 0.1) is 0 Å². The van der Waals surface area contributed by atoms with Crippen LogP contribution in [-0.2, 0) is 13.6 Å². The summed E-state index contributed by atoms with van der Waals surface area (Å²) in [5.41, 5.74) is 0.895. The van der Waals surface area contributed by atoms with Crippen LogP contribution in [0.2, 0.25) is 0 Å². The molecule has 112 valence electrons. The van der Waals surface area contributed by atoms with E-state index < -0.39 is 0 Å². The van der Waals surface area contributed by atoms with E-state index in [1.54, 1.807) is 7.05 Å². The second kappa shape index (κ2) is 5.61. The largest absolute Gasteiger partial charge is 0.486 e. The summed E-state index contributed by atoms with van der Waals surface area (Å²) in [6.07, 6.45) is 1.51. The van der Waals surface area contributed by atoms with Gasteiger partial charge in [-0.3, -0.25) is 4.57 Å². The average molecular weight is 290 g/mol. The van der Waals surface area contributed by atoms with Gasteiger partial charge in [-0.25, -0.2) is 9.48 Å². The molecule has 1 unspecified atom stereocenters. The van der Waals surface area contributed by atoms with Crippen molar-refractivity contribution in [3.05, 3.63) is 40.6 Å². The van der Waals surface area contributed by atoms with Gasteiger partial charge in [-0.05, 0) is 24.7 Å². The maximum absolute atomic E-state index is 11.9. The van der Waals surface area contributed by atoms with Crippen molar-refractivity contribution in [1.29, 1.82) is 0 Å². The van der Waals surface area contributed by atoms with Gasteiger partial charge in [0.15, 0.2) is 11.5 Å². The van der Waals surface area contributed by atoms with E-state index >= 15 is 0 Å². The fraction of sp³-hybridized carbons (Fsp3) is 0.429. The first-order valence-corrected chi connectivity index (χ1v) is 6.84. The smallest absolute Gasteiger partial charge is 0.345 e. The Hall–Kier alpha value is -2.28. The predicted octanol–water partition coefficient (Wildman–Crippen LogP) is 0.314. The first kappa shape index (κ1) is 13.7. The van der Waals surface area contributed by atoms with Gasteiger partial charge in [-0.1, -0.05) is 6.07 Å². The first-order chi connectivity index (χ1) is 10.2. The number of nitrogens with one attached hydrogen (secondary N) is 1. The van der Waals surface area contributed by atoms with Crippen LogP contribution in [0.4, 0.5) is 0 Å². The number of fused-ring (bicyclic) bond motifs is 1. The Morgan fingerprint density at radius 2 is 2.10 bits per heavy atom. The van der Waals surface area contributed by atoms with Crippen molar-refractivity contribution in [2.45, 2.75) is 12.6 Å². The molecular formula is C14H18N4O3. The molecule has 2 heterocycles. The minimum absolute atomic E-state index is 0.0339. The molecule has 1 aromatic heterocycles. The molecule has 0 amide bonds. The Morgan fingerprint density at radius 1 is 1.33 bits per heavy atom. The molecule has 7 heteroatoms. The zero-order valence-corrected chi connectivity index (χ0v) is 12.1. The van der Waals surface area contributed by atoms with E-state index in [2.05, 4.69) is 10.4 Å². The van der Waals surface area contributed by atoms with E-state index in [9.17, 15) is 4.79 Å². The highest BCUT2D eigenvalue weighted by molar-refractivity contribution is 5.44. The number of likely N-dealkylation sites (N-methyl/N-ethyl adjacent to an activating group) is 1. The molecule has 1 N–H and O–H groups in total. The standard InChI is InChI=1S/C14H18N4O3/c1-15-11(8-18-14(19)17(2)9-16-18)10-3-4-12-13(7-10)21-6-5-20-12/h3-4,7,9,11,15H,5-6,8H2,1-2H3. The SMILES string of the molecule is CNC(Cn1ncn(C)c1=O)c1ccc2c(c1)OCCO2. The number of hydrogen-bond donors (Lipinski definition) is 1. The fourth-order valence-corrected chi connectivity index (χ4v) is 2.36. The minimum atomic E-state index is -0.132. The molecular weight excluding hydrogens is 272 g/mol. The van der Waals surface area contributed by atoms with Crippen molar-refractivity contribution >= 4 is 0 Å². The van der Waals surface area contributed by atoms with Gasteiger partial charge < -0.3 is 14.8 Å². The topological polar surface area (TPSA) is 70.3 Å². The van der Waals surface area contributed by atoms with E-state index in [0.717, 1.165) is 17.1 Å². The van der Waals surface area contributed by atoms with Crippen LogP contribution in [0.3, 0.4) is 0 Å². The highest BCUT2D eigenvalue weighted by atomic mass is 16.6. The lowest BCUT2D eigenvalue weighted by Gasteiger charge is -2.21. The summed E-state index contributed by atoms with van der Waals surface area (Å²) in [5.74, 6) is 1.50. The van der Waals surface area contributed by atoms with Gasteiger partial charge in [0.05, 0.1) is 12.6 Å². The quantitative estimate of drug-likeness (QED) is 0.878. The van der Waals surface area contributed by atoms with E-state index in [4.69, 9.17) is 9.47 Å². The molecule has 1 aliphatic heterocycles. The molecule has 0 radical (unpaired) electrons. The third-order valence-electron chi connectivity index (χ3n) is 3.56. The number of aromatic nitrogens is 3. The van der Waals surface area contributed by atoms with Crippen LogP contribution in [0.25, 0.3) is 0 Å². The highest BCUT2D eigenvalue weighted by Gasteiger charge is 2.17.